The number of ether oxygens (including phenoxy) is 3. The fourth-order valence-corrected chi connectivity index (χ4v) is 4.13. The zero-order valence-electron chi connectivity index (χ0n) is 23.0. The van der Waals surface area contributed by atoms with Gasteiger partial charge in [0.2, 0.25) is 5.91 Å². The Labute approximate surface area is 225 Å². The molecule has 206 valence electrons. The molecule has 9 heteroatoms. The summed E-state index contributed by atoms with van der Waals surface area (Å²) < 4.78 is 16.5. The van der Waals surface area contributed by atoms with Gasteiger partial charge in [0.25, 0.3) is 0 Å². The maximum Gasteiger partial charge on any atom is 0.411 e. The van der Waals surface area contributed by atoms with Crippen LogP contribution in [0.25, 0.3) is 0 Å². The first kappa shape index (κ1) is 29.0. The molecule has 2 aromatic rings. The minimum atomic E-state index is -0.473. The summed E-state index contributed by atoms with van der Waals surface area (Å²) in [7, 11) is 1.62. The number of hydrazone groups is 1. The predicted molar refractivity (Wildman–Crippen MR) is 149 cm³/mol. The molecule has 38 heavy (non-hydrogen) atoms. The first-order chi connectivity index (χ1) is 18.5. The third-order valence-electron chi connectivity index (χ3n) is 6.34. The predicted octanol–water partition coefficient (Wildman–Crippen LogP) is 5.29. The maximum absolute atomic E-state index is 12.6. The van der Waals surface area contributed by atoms with Crippen LogP contribution >= 0.6 is 0 Å². The van der Waals surface area contributed by atoms with E-state index in [4.69, 9.17) is 14.2 Å². The lowest BCUT2D eigenvalue weighted by molar-refractivity contribution is -0.132. The van der Waals surface area contributed by atoms with E-state index in [1.807, 2.05) is 30.3 Å². The van der Waals surface area contributed by atoms with Gasteiger partial charge in [-0.15, -0.1) is 0 Å². The number of hydrogen-bond donors (Lipinski definition) is 1. The van der Waals surface area contributed by atoms with Gasteiger partial charge < -0.3 is 19.1 Å². The van der Waals surface area contributed by atoms with E-state index in [0.29, 0.717) is 49.8 Å². The van der Waals surface area contributed by atoms with Crippen molar-refractivity contribution in [1.82, 2.24) is 9.91 Å². The molecule has 0 bridgehead atoms. The molecule has 2 aromatic carbocycles. The number of benzene rings is 2. The minimum Gasteiger partial charge on any atom is -0.493 e. The number of hydrogen-bond acceptors (Lipinski definition) is 7. The third kappa shape index (κ3) is 8.48. The summed E-state index contributed by atoms with van der Waals surface area (Å²) in [5.74, 6) is 1.31. The van der Waals surface area contributed by atoms with Gasteiger partial charge in [-0.1, -0.05) is 32.9 Å². The minimum absolute atomic E-state index is 0.0276. The molecule has 1 aliphatic heterocycles. The molecule has 1 heterocycles. The first-order valence-corrected chi connectivity index (χ1v) is 13.4. The summed E-state index contributed by atoms with van der Waals surface area (Å²) >= 11 is 0. The number of nitrogens with one attached hydrogen (secondary N) is 1. The van der Waals surface area contributed by atoms with Crippen LogP contribution in [-0.2, 0) is 16.1 Å². The average molecular weight is 525 g/mol. The molecule has 3 rings (SSSR count). The van der Waals surface area contributed by atoms with Crippen LogP contribution < -0.4 is 14.8 Å². The van der Waals surface area contributed by atoms with Gasteiger partial charge in [0.1, 0.15) is 0 Å². The molecule has 0 saturated carbocycles. The Bertz CT molecular complexity index is 1080. The Morgan fingerprint density at radius 3 is 2.47 bits per heavy atom. The van der Waals surface area contributed by atoms with Gasteiger partial charge in [-0.25, -0.2) is 9.80 Å². The van der Waals surface area contributed by atoms with Crippen LogP contribution in [0.4, 0.5) is 10.5 Å². The molecule has 0 atom stereocenters. The van der Waals surface area contributed by atoms with E-state index in [2.05, 4.69) is 36.1 Å². The smallest absolute Gasteiger partial charge is 0.411 e. The molecule has 1 N–H and O–H groups in total. The lowest BCUT2D eigenvalue weighted by Gasteiger charge is -2.24. The molecule has 0 spiro atoms. The van der Waals surface area contributed by atoms with Gasteiger partial charge >= 0.3 is 6.09 Å². The van der Waals surface area contributed by atoms with Crippen molar-refractivity contribution in [3.05, 3.63) is 53.6 Å². The summed E-state index contributed by atoms with van der Waals surface area (Å²) in [6, 6.07) is 13.1. The Hall–Kier alpha value is -3.59. The second-order valence-corrected chi connectivity index (χ2v) is 9.05. The average Bonchev–Trinajstić information content (AvgIpc) is 2.94. The van der Waals surface area contributed by atoms with Crippen molar-refractivity contribution >= 4 is 23.4 Å². The van der Waals surface area contributed by atoms with Crippen molar-refractivity contribution in [3.63, 3.8) is 0 Å². The second kappa shape index (κ2) is 15.0. The Morgan fingerprint density at radius 1 is 1.03 bits per heavy atom. The van der Waals surface area contributed by atoms with Crippen LogP contribution in [0.1, 0.15) is 57.6 Å². The second-order valence-electron chi connectivity index (χ2n) is 9.05. The molecule has 0 radical (unpaired) electrons. The zero-order valence-corrected chi connectivity index (χ0v) is 23.0. The molecule has 0 aliphatic carbocycles. The van der Waals surface area contributed by atoms with Gasteiger partial charge in [0.05, 0.1) is 32.6 Å². The highest BCUT2D eigenvalue weighted by Gasteiger charge is 2.22. The number of carbonyl (C=O) groups is 2. The fraction of sp³-hybridized carbons (Fsp3) is 0.483. The Morgan fingerprint density at radius 2 is 1.79 bits per heavy atom. The fourth-order valence-electron chi connectivity index (χ4n) is 4.13. The SMILES string of the molecule is CCCOc1cc(C2=NN(Cc3ccc(NC(=O)OCCCN(CC)CC)cc3)C(=O)CC2)ccc1OC. The van der Waals surface area contributed by atoms with E-state index in [1.165, 1.54) is 5.01 Å². The summed E-state index contributed by atoms with van der Waals surface area (Å²) in [5.41, 5.74) is 3.28. The van der Waals surface area contributed by atoms with Gasteiger partial charge in [0.15, 0.2) is 11.5 Å². The molecule has 0 aromatic heterocycles. The molecular weight excluding hydrogens is 484 g/mol. The van der Waals surface area contributed by atoms with Crippen LogP contribution in [-0.4, -0.2) is 67.6 Å². The highest BCUT2D eigenvalue weighted by Crippen LogP contribution is 2.30. The lowest BCUT2D eigenvalue weighted by atomic mass is 10.0. The molecule has 0 fully saturated rings. The number of carbonyl (C=O) groups excluding carboxylic acids is 2. The monoisotopic (exact) mass is 524 g/mol. The Kier molecular flexibility index (Phi) is 11.4. The van der Waals surface area contributed by atoms with Crippen molar-refractivity contribution < 1.29 is 23.8 Å². The largest absolute Gasteiger partial charge is 0.493 e. The van der Waals surface area contributed by atoms with Crippen molar-refractivity contribution in [2.45, 2.75) is 53.0 Å². The van der Waals surface area contributed by atoms with Gasteiger partial charge in [-0.05, 0) is 61.8 Å². The lowest BCUT2D eigenvalue weighted by Crippen LogP contribution is -2.31. The summed E-state index contributed by atoms with van der Waals surface area (Å²) in [6.45, 7) is 10.5. The number of amides is 2. The van der Waals surface area contributed by atoms with Gasteiger partial charge in [-0.3, -0.25) is 10.1 Å². The number of anilines is 1. The molecule has 2 amide bonds. The zero-order chi connectivity index (χ0) is 27.3. The topological polar surface area (TPSA) is 92.7 Å². The number of rotatable bonds is 14. The van der Waals surface area contributed by atoms with Crippen LogP contribution in [0.3, 0.4) is 0 Å². The summed E-state index contributed by atoms with van der Waals surface area (Å²) in [5, 5.41) is 8.91. The van der Waals surface area contributed by atoms with E-state index >= 15 is 0 Å². The van der Waals surface area contributed by atoms with Gasteiger partial charge in [0, 0.05) is 30.6 Å². The van der Waals surface area contributed by atoms with Crippen LogP contribution in [0, 0.1) is 0 Å². The standard InChI is InChI=1S/C29H40N4O5/c1-5-18-37-27-20-23(11-15-26(27)36-4)25-14-16-28(34)33(31-25)21-22-9-12-24(13-10-22)30-29(35)38-19-8-17-32(6-2)7-3/h9-13,15,20H,5-8,14,16-19,21H2,1-4H3,(H,30,35). The van der Waals surface area contributed by atoms with E-state index in [0.717, 1.165) is 49.3 Å². The van der Waals surface area contributed by atoms with E-state index in [9.17, 15) is 9.59 Å². The van der Waals surface area contributed by atoms with Crippen LogP contribution in [0.5, 0.6) is 11.5 Å². The summed E-state index contributed by atoms with van der Waals surface area (Å²) in [6.07, 6.45) is 2.16. The van der Waals surface area contributed by atoms with Crippen molar-refractivity contribution in [2.24, 2.45) is 5.10 Å². The van der Waals surface area contributed by atoms with Crippen molar-refractivity contribution in [3.8, 4) is 11.5 Å². The highest BCUT2D eigenvalue weighted by atomic mass is 16.5. The normalized spacial score (nSPS) is 13.3. The molecule has 0 saturated heterocycles. The van der Waals surface area contributed by atoms with Crippen molar-refractivity contribution in [2.75, 3.05) is 45.3 Å². The third-order valence-corrected chi connectivity index (χ3v) is 6.34. The van der Waals surface area contributed by atoms with E-state index < -0.39 is 6.09 Å². The first-order valence-electron chi connectivity index (χ1n) is 13.4. The van der Waals surface area contributed by atoms with Crippen molar-refractivity contribution in [1.29, 1.82) is 0 Å². The maximum atomic E-state index is 12.6. The number of methoxy groups -OCH3 is 1. The van der Waals surface area contributed by atoms with E-state index in [1.54, 1.807) is 19.2 Å². The van der Waals surface area contributed by atoms with Gasteiger partial charge in [-0.2, -0.15) is 5.10 Å². The van der Waals surface area contributed by atoms with Crippen LogP contribution in [0.15, 0.2) is 47.6 Å². The molecule has 0 unspecified atom stereocenters. The van der Waals surface area contributed by atoms with E-state index in [-0.39, 0.29) is 5.91 Å². The number of nitrogens with zero attached hydrogens (tertiary/aromatic N) is 3. The molecular formula is C29H40N4O5. The molecule has 1 aliphatic rings. The molecule has 9 nitrogen and oxygen atoms in total. The quantitative estimate of drug-likeness (QED) is 0.338. The van der Waals surface area contributed by atoms with Crippen LogP contribution in [0.2, 0.25) is 0 Å². The highest BCUT2D eigenvalue weighted by molar-refractivity contribution is 6.04. The Balaban J connectivity index is 1.58. The summed E-state index contributed by atoms with van der Waals surface area (Å²) in [4.78, 5) is 27.0.